The Hall–Kier alpha value is -2.28. The number of hydrogen-bond acceptors (Lipinski definition) is 3. The van der Waals surface area contributed by atoms with Gasteiger partial charge in [0.25, 0.3) is 0 Å². The van der Waals surface area contributed by atoms with Gasteiger partial charge in [-0.15, -0.1) is 12.6 Å². The fourth-order valence-corrected chi connectivity index (χ4v) is 2.38. The molecule has 132 valence electrons. The SMILES string of the molecule is C/C(=N/OCc1ccccc1CC(=O)S)c1cccc(C(F)(F)F)c1. The van der Waals surface area contributed by atoms with Gasteiger partial charge in [0.2, 0.25) is 0 Å². The lowest BCUT2D eigenvalue weighted by molar-refractivity contribution is -0.137. The molecule has 2 aromatic rings. The van der Waals surface area contributed by atoms with Crippen LogP contribution >= 0.6 is 12.6 Å². The van der Waals surface area contributed by atoms with Crippen LogP contribution in [0.4, 0.5) is 13.2 Å². The molecule has 2 rings (SSSR count). The summed E-state index contributed by atoms with van der Waals surface area (Å²) in [5, 5.41) is 3.61. The molecule has 7 heteroatoms. The lowest BCUT2D eigenvalue weighted by Gasteiger charge is -2.09. The second-order valence-electron chi connectivity index (χ2n) is 5.37. The minimum Gasteiger partial charge on any atom is -0.391 e. The molecule has 0 atom stereocenters. The van der Waals surface area contributed by atoms with Gasteiger partial charge in [0.15, 0.2) is 5.12 Å². The number of thiol groups is 1. The Morgan fingerprint density at radius 1 is 1.12 bits per heavy atom. The van der Waals surface area contributed by atoms with Gasteiger partial charge >= 0.3 is 6.18 Å². The summed E-state index contributed by atoms with van der Waals surface area (Å²) in [6.07, 6.45) is -4.24. The van der Waals surface area contributed by atoms with Crippen LogP contribution in [0.3, 0.4) is 0 Å². The maximum Gasteiger partial charge on any atom is 0.416 e. The van der Waals surface area contributed by atoms with E-state index in [9.17, 15) is 18.0 Å². The maximum absolute atomic E-state index is 12.7. The number of alkyl halides is 3. The fraction of sp³-hybridized carbons (Fsp3) is 0.222. The van der Waals surface area contributed by atoms with E-state index in [-0.39, 0.29) is 18.1 Å². The number of rotatable bonds is 6. The Morgan fingerprint density at radius 3 is 2.44 bits per heavy atom. The summed E-state index contributed by atoms with van der Waals surface area (Å²) in [4.78, 5) is 16.4. The second kappa shape index (κ2) is 8.20. The van der Waals surface area contributed by atoms with Crippen LogP contribution in [0.15, 0.2) is 53.7 Å². The fourth-order valence-electron chi connectivity index (χ4n) is 2.21. The zero-order chi connectivity index (χ0) is 18.4. The molecule has 0 aliphatic rings. The van der Waals surface area contributed by atoms with Crippen molar-refractivity contribution in [1.82, 2.24) is 0 Å². The van der Waals surface area contributed by atoms with E-state index < -0.39 is 11.7 Å². The molecule has 0 saturated heterocycles. The first-order valence-corrected chi connectivity index (χ1v) is 7.85. The average molecular weight is 367 g/mol. The molecule has 0 spiro atoms. The molecule has 0 N–H and O–H groups in total. The van der Waals surface area contributed by atoms with Gasteiger partial charge in [-0.05, 0) is 35.7 Å². The Morgan fingerprint density at radius 2 is 1.80 bits per heavy atom. The first-order chi connectivity index (χ1) is 11.8. The van der Waals surface area contributed by atoms with Crippen LogP contribution in [0, 0.1) is 0 Å². The summed E-state index contributed by atoms with van der Waals surface area (Å²) in [7, 11) is 0. The van der Waals surface area contributed by atoms with Crippen molar-refractivity contribution in [2.45, 2.75) is 26.1 Å². The van der Waals surface area contributed by atoms with Crippen LogP contribution in [0.1, 0.15) is 29.2 Å². The lowest BCUT2D eigenvalue weighted by Crippen LogP contribution is -2.07. The van der Waals surface area contributed by atoms with Crippen LogP contribution in [-0.2, 0) is 28.8 Å². The molecule has 0 aliphatic heterocycles. The summed E-state index contributed by atoms with van der Waals surface area (Å²) in [5.74, 6) is 0. The molecule has 0 aliphatic carbocycles. The Balaban J connectivity index is 2.09. The monoisotopic (exact) mass is 367 g/mol. The van der Waals surface area contributed by atoms with Gasteiger partial charge in [0.05, 0.1) is 11.3 Å². The predicted octanol–water partition coefficient (Wildman–Crippen LogP) is 4.65. The van der Waals surface area contributed by atoms with Crippen LogP contribution in [0.2, 0.25) is 0 Å². The summed E-state index contributed by atoms with van der Waals surface area (Å²) >= 11 is 3.76. The minimum atomic E-state index is -4.41. The van der Waals surface area contributed by atoms with Crippen LogP contribution in [-0.4, -0.2) is 10.8 Å². The van der Waals surface area contributed by atoms with E-state index in [0.717, 1.165) is 23.3 Å². The number of halogens is 3. The van der Waals surface area contributed by atoms with Crippen molar-refractivity contribution in [2.24, 2.45) is 5.16 Å². The minimum absolute atomic E-state index is 0.105. The van der Waals surface area contributed by atoms with Gasteiger partial charge in [-0.25, -0.2) is 0 Å². The highest BCUT2D eigenvalue weighted by molar-refractivity contribution is 7.96. The highest BCUT2D eigenvalue weighted by Gasteiger charge is 2.30. The first kappa shape index (κ1) is 19.1. The Bertz CT molecular complexity index is 788. The summed E-state index contributed by atoms with van der Waals surface area (Å²) in [6.45, 7) is 1.67. The molecular weight excluding hydrogens is 351 g/mol. The molecule has 0 unspecified atom stereocenters. The molecule has 2 aromatic carbocycles. The number of nitrogens with zero attached hydrogens (tertiary/aromatic N) is 1. The van der Waals surface area contributed by atoms with Gasteiger partial charge in [-0.2, -0.15) is 13.2 Å². The molecule has 0 aromatic heterocycles. The number of benzene rings is 2. The molecule has 3 nitrogen and oxygen atoms in total. The summed E-state index contributed by atoms with van der Waals surface area (Å²) < 4.78 is 38.2. The van der Waals surface area contributed by atoms with E-state index in [1.54, 1.807) is 31.2 Å². The molecule has 0 heterocycles. The van der Waals surface area contributed by atoms with E-state index in [2.05, 4.69) is 17.8 Å². The lowest BCUT2D eigenvalue weighted by atomic mass is 10.1. The van der Waals surface area contributed by atoms with Crippen molar-refractivity contribution >= 4 is 23.5 Å². The number of hydrogen-bond donors (Lipinski definition) is 1. The topological polar surface area (TPSA) is 38.7 Å². The third kappa shape index (κ3) is 5.63. The summed E-state index contributed by atoms with van der Waals surface area (Å²) in [6, 6.07) is 12.1. The normalized spacial score (nSPS) is 12.1. The van der Waals surface area contributed by atoms with Gasteiger partial charge in [0, 0.05) is 6.42 Å². The number of carbonyl (C=O) groups is 1. The van der Waals surface area contributed by atoms with Crippen molar-refractivity contribution in [3.05, 3.63) is 70.8 Å². The van der Waals surface area contributed by atoms with E-state index >= 15 is 0 Å². The molecular formula is C18H16F3NO2S. The van der Waals surface area contributed by atoms with Crippen LogP contribution < -0.4 is 0 Å². The van der Waals surface area contributed by atoms with Gasteiger partial charge < -0.3 is 4.84 Å². The van der Waals surface area contributed by atoms with Crippen molar-refractivity contribution in [3.63, 3.8) is 0 Å². The van der Waals surface area contributed by atoms with E-state index in [1.807, 2.05) is 0 Å². The quantitative estimate of drug-likeness (QED) is 0.459. The van der Waals surface area contributed by atoms with Crippen LogP contribution in [0.25, 0.3) is 0 Å². The molecule has 0 fully saturated rings. The summed E-state index contributed by atoms with van der Waals surface area (Å²) in [5.41, 5.74) is 1.46. The maximum atomic E-state index is 12.7. The highest BCUT2D eigenvalue weighted by Crippen LogP contribution is 2.29. The van der Waals surface area contributed by atoms with Crippen molar-refractivity contribution in [2.75, 3.05) is 0 Å². The van der Waals surface area contributed by atoms with Crippen molar-refractivity contribution in [3.8, 4) is 0 Å². The largest absolute Gasteiger partial charge is 0.416 e. The standard InChI is InChI=1S/C18H16F3NO2S/c1-12(13-7-4-8-16(9-13)18(19,20)21)22-24-11-15-6-3-2-5-14(15)10-17(23)25/h2-9H,10-11H2,1H3,(H,23,25)/b22-12-. The molecule has 0 bridgehead atoms. The zero-order valence-electron chi connectivity index (χ0n) is 13.4. The molecule has 0 saturated carbocycles. The second-order valence-corrected chi connectivity index (χ2v) is 5.87. The Labute approximate surface area is 148 Å². The smallest absolute Gasteiger partial charge is 0.391 e. The first-order valence-electron chi connectivity index (χ1n) is 7.40. The molecule has 0 radical (unpaired) electrons. The van der Waals surface area contributed by atoms with Crippen LogP contribution in [0.5, 0.6) is 0 Å². The number of oxime groups is 1. The zero-order valence-corrected chi connectivity index (χ0v) is 14.3. The third-order valence-electron chi connectivity index (χ3n) is 3.49. The average Bonchev–Trinajstić information content (AvgIpc) is 2.55. The number of carbonyl (C=O) groups excluding carboxylic acids is 1. The highest BCUT2D eigenvalue weighted by atomic mass is 32.1. The third-order valence-corrected chi connectivity index (χ3v) is 3.65. The van der Waals surface area contributed by atoms with Gasteiger partial charge in [0.1, 0.15) is 6.61 Å². The predicted molar refractivity (Wildman–Crippen MR) is 92.6 cm³/mol. The molecule has 25 heavy (non-hydrogen) atoms. The molecule has 0 amide bonds. The van der Waals surface area contributed by atoms with Gasteiger partial charge in [-0.1, -0.05) is 41.6 Å². The Kier molecular flexibility index (Phi) is 6.25. The van der Waals surface area contributed by atoms with Crippen molar-refractivity contribution < 1.29 is 22.8 Å². The van der Waals surface area contributed by atoms with E-state index in [1.165, 1.54) is 12.1 Å². The van der Waals surface area contributed by atoms with E-state index in [0.29, 0.717) is 11.3 Å². The van der Waals surface area contributed by atoms with Crippen molar-refractivity contribution in [1.29, 1.82) is 0 Å². The van der Waals surface area contributed by atoms with E-state index in [4.69, 9.17) is 4.84 Å². The van der Waals surface area contributed by atoms with Gasteiger partial charge in [-0.3, -0.25) is 4.79 Å².